The lowest BCUT2D eigenvalue weighted by Crippen LogP contribution is -2.31. The van der Waals surface area contributed by atoms with E-state index in [0.29, 0.717) is 6.04 Å². The van der Waals surface area contributed by atoms with Gasteiger partial charge in [0.15, 0.2) is 0 Å². The second-order valence-corrected chi connectivity index (χ2v) is 4.12. The van der Waals surface area contributed by atoms with Crippen molar-refractivity contribution in [3.63, 3.8) is 0 Å². The fourth-order valence-corrected chi connectivity index (χ4v) is 2.09. The molecule has 1 aliphatic rings. The number of hydrogen-bond acceptors (Lipinski definition) is 1. The molecule has 66 valence electrons. The average molecular weight is 155 g/mol. The zero-order chi connectivity index (χ0) is 8.27. The Kier molecular flexibility index (Phi) is 3.38. The van der Waals surface area contributed by atoms with Crippen LogP contribution in [0.4, 0.5) is 0 Å². The minimum atomic E-state index is 0.387. The Morgan fingerprint density at radius 3 is 2.09 bits per heavy atom. The Labute approximate surface area is 70.4 Å². The van der Waals surface area contributed by atoms with Crippen LogP contribution < -0.4 is 5.73 Å². The molecule has 1 rings (SSSR count). The van der Waals surface area contributed by atoms with Gasteiger partial charge in [-0.3, -0.25) is 0 Å². The van der Waals surface area contributed by atoms with Gasteiger partial charge in [-0.25, -0.2) is 0 Å². The SMILES string of the molecule is C[C@H](N)[C@@H](C)C1CCCCC1. The van der Waals surface area contributed by atoms with Crippen LogP contribution in [0, 0.1) is 11.8 Å². The van der Waals surface area contributed by atoms with Gasteiger partial charge in [-0.1, -0.05) is 39.0 Å². The van der Waals surface area contributed by atoms with Crippen LogP contribution in [0.3, 0.4) is 0 Å². The molecule has 0 heterocycles. The Morgan fingerprint density at radius 2 is 1.64 bits per heavy atom. The molecule has 0 bridgehead atoms. The average Bonchev–Trinajstić information content (AvgIpc) is 2.05. The third kappa shape index (κ3) is 2.48. The van der Waals surface area contributed by atoms with Gasteiger partial charge in [0.1, 0.15) is 0 Å². The van der Waals surface area contributed by atoms with Crippen LogP contribution in [0.5, 0.6) is 0 Å². The molecule has 0 radical (unpaired) electrons. The molecule has 0 saturated heterocycles. The van der Waals surface area contributed by atoms with E-state index in [1.807, 2.05) is 0 Å². The van der Waals surface area contributed by atoms with Crippen LogP contribution in [0.25, 0.3) is 0 Å². The summed E-state index contributed by atoms with van der Waals surface area (Å²) in [6, 6.07) is 0.387. The van der Waals surface area contributed by atoms with Gasteiger partial charge in [-0.2, -0.15) is 0 Å². The van der Waals surface area contributed by atoms with Gasteiger partial charge in [0, 0.05) is 6.04 Å². The highest BCUT2D eigenvalue weighted by molar-refractivity contribution is 4.75. The van der Waals surface area contributed by atoms with E-state index in [9.17, 15) is 0 Å². The molecule has 1 fully saturated rings. The van der Waals surface area contributed by atoms with E-state index in [-0.39, 0.29) is 0 Å². The first kappa shape index (κ1) is 9.05. The van der Waals surface area contributed by atoms with E-state index in [4.69, 9.17) is 5.73 Å². The van der Waals surface area contributed by atoms with Crippen molar-refractivity contribution in [2.75, 3.05) is 0 Å². The van der Waals surface area contributed by atoms with Gasteiger partial charge in [0.25, 0.3) is 0 Å². The zero-order valence-electron chi connectivity index (χ0n) is 7.84. The molecule has 1 saturated carbocycles. The van der Waals surface area contributed by atoms with Crippen molar-refractivity contribution < 1.29 is 0 Å². The first-order chi connectivity index (χ1) is 5.22. The molecule has 0 unspecified atom stereocenters. The predicted octanol–water partition coefficient (Wildman–Crippen LogP) is 2.55. The van der Waals surface area contributed by atoms with Gasteiger partial charge in [0.2, 0.25) is 0 Å². The quantitative estimate of drug-likeness (QED) is 0.651. The van der Waals surface area contributed by atoms with E-state index in [0.717, 1.165) is 11.8 Å². The van der Waals surface area contributed by atoms with Crippen LogP contribution in [-0.4, -0.2) is 6.04 Å². The lowest BCUT2D eigenvalue weighted by Gasteiger charge is -2.29. The van der Waals surface area contributed by atoms with Crippen LogP contribution in [-0.2, 0) is 0 Å². The molecular formula is C10H21N. The summed E-state index contributed by atoms with van der Waals surface area (Å²) >= 11 is 0. The van der Waals surface area contributed by atoms with Gasteiger partial charge < -0.3 is 5.73 Å². The third-order valence-corrected chi connectivity index (χ3v) is 3.22. The fourth-order valence-electron chi connectivity index (χ4n) is 2.09. The van der Waals surface area contributed by atoms with E-state index >= 15 is 0 Å². The molecule has 0 spiro atoms. The van der Waals surface area contributed by atoms with Crippen LogP contribution in [0.2, 0.25) is 0 Å². The summed E-state index contributed by atoms with van der Waals surface area (Å²) < 4.78 is 0. The molecular weight excluding hydrogens is 134 g/mol. The first-order valence-corrected chi connectivity index (χ1v) is 4.97. The summed E-state index contributed by atoms with van der Waals surface area (Å²) in [5.74, 6) is 1.65. The molecule has 2 atom stereocenters. The summed E-state index contributed by atoms with van der Waals surface area (Å²) in [5, 5.41) is 0. The summed E-state index contributed by atoms with van der Waals surface area (Å²) in [4.78, 5) is 0. The predicted molar refractivity (Wildman–Crippen MR) is 49.4 cm³/mol. The summed E-state index contributed by atoms with van der Waals surface area (Å²) in [7, 11) is 0. The largest absolute Gasteiger partial charge is 0.328 e. The Balaban J connectivity index is 2.32. The molecule has 0 aromatic rings. The lowest BCUT2D eigenvalue weighted by atomic mass is 9.78. The van der Waals surface area contributed by atoms with E-state index in [2.05, 4.69) is 13.8 Å². The Hall–Kier alpha value is -0.0400. The topological polar surface area (TPSA) is 26.0 Å². The third-order valence-electron chi connectivity index (χ3n) is 3.22. The number of rotatable bonds is 2. The maximum Gasteiger partial charge on any atom is 0.00387 e. The summed E-state index contributed by atoms with van der Waals surface area (Å²) in [6.45, 7) is 4.44. The normalized spacial score (nSPS) is 26.5. The van der Waals surface area contributed by atoms with Crippen molar-refractivity contribution in [1.82, 2.24) is 0 Å². The minimum Gasteiger partial charge on any atom is -0.328 e. The number of hydrogen-bond donors (Lipinski definition) is 1. The second kappa shape index (κ2) is 4.10. The van der Waals surface area contributed by atoms with Gasteiger partial charge in [0.05, 0.1) is 0 Å². The fraction of sp³-hybridized carbons (Fsp3) is 1.00. The smallest absolute Gasteiger partial charge is 0.00387 e. The molecule has 0 aliphatic heterocycles. The molecule has 11 heavy (non-hydrogen) atoms. The zero-order valence-corrected chi connectivity index (χ0v) is 7.84. The van der Waals surface area contributed by atoms with Crippen molar-refractivity contribution >= 4 is 0 Å². The molecule has 0 aromatic carbocycles. The van der Waals surface area contributed by atoms with Crippen LogP contribution >= 0.6 is 0 Å². The Morgan fingerprint density at radius 1 is 1.09 bits per heavy atom. The number of nitrogens with two attached hydrogens (primary N) is 1. The summed E-state index contributed by atoms with van der Waals surface area (Å²) in [5.41, 5.74) is 5.87. The molecule has 1 nitrogen and oxygen atoms in total. The van der Waals surface area contributed by atoms with Crippen molar-refractivity contribution in [2.24, 2.45) is 17.6 Å². The van der Waals surface area contributed by atoms with Crippen molar-refractivity contribution in [3.05, 3.63) is 0 Å². The van der Waals surface area contributed by atoms with Crippen molar-refractivity contribution in [3.8, 4) is 0 Å². The first-order valence-electron chi connectivity index (χ1n) is 4.97. The standard InChI is InChI=1S/C10H21N/c1-8(9(2)11)10-6-4-3-5-7-10/h8-10H,3-7,11H2,1-2H3/t8-,9+/m1/s1. The van der Waals surface area contributed by atoms with E-state index in [1.165, 1.54) is 32.1 Å². The van der Waals surface area contributed by atoms with Crippen LogP contribution in [0.15, 0.2) is 0 Å². The maximum absolute atomic E-state index is 5.87. The van der Waals surface area contributed by atoms with E-state index in [1.54, 1.807) is 0 Å². The monoisotopic (exact) mass is 155 g/mol. The molecule has 0 aromatic heterocycles. The highest BCUT2D eigenvalue weighted by atomic mass is 14.6. The highest BCUT2D eigenvalue weighted by Crippen LogP contribution is 2.30. The molecule has 0 amide bonds. The second-order valence-electron chi connectivity index (χ2n) is 4.12. The van der Waals surface area contributed by atoms with Crippen LogP contribution in [0.1, 0.15) is 46.0 Å². The molecule has 2 N–H and O–H groups in total. The Bertz CT molecular complexity index is 103. The van der Waals surface area contributed by atoms with E-state index < -0.39 is 0 Å². The van der Waals surface area contributed by atoms with Gasteiger partial charge in [-0.15, -0.1) is 0 Å². The maximum atomic E-state index is 5.87. The lowest BCUT2D eigenvalue weighted by molar-refractivity contribution is 0.239. The minimum absolute atomic E-state index is 0.387. The van der Waals surface area contributed by atoms with Gasteiger partial charge >= 0.3 is 0 Å². The molecule has 1 aliphatic carbocycles. The van der Waals surface area contributed by atoms with Crippen molar-refractivity contribution in [1.29, 1.82) is 0 Å². The van der Waals surface area contributed by atoms with Crippen molar-refractivity contribution in [2.45, 2.75) is 52.0 Å². The highest BCUT2D eigenvalue weighted by Gasteiger charge is 2.21. The summed E-state index contributed by atoms with van der Waals surface area (Å²) in [6.07, 6.45) is 7.15. The van der Waals surface area contributed by atoms with Gasteiger partial charge in [-0.05, 0) is 18.8 Å². The molecule has 1 heteroatoms.